The van der Waals surface area contributed by atoms with Crippen LogP contribution < -0.4 is 39.1 Å². The number of carbonyl (C=O) groups excluding carboxylic acids is 2. The number of benzene rings is 4. The molecule has 0 fully saturated rings. The van der Waals surface area contributed by atoms with Crippen molar-refractivity contribution in [1.82, 2.24) is 5.32 Å². The average Bonchev–Trinajstić information content (AvgIpc) is 3.35. The zero-order chi connectivity index (χ0) is 54.6. The number of esters is 1. The number of quaternary nitrogens is 1. The highest BCUT2D eigenvalue weighted by Crippen LogP contribution is 2.25. The molecule has 0 aliphatic carbocycles. The van der Waals surface area contributed by atoms with Gasteiger partial charge in [-0.25, -0.2) is 26.8 Å². The third-order valence-corrected chi connectivity index (χ3v) is 14.2. The van der Waals surface area contributed by atoms with Gasteiger partial charge in [-0.3, -0.25) is 9.59 Å². The summed E-state index contributed by atoms with van der Waals surface area (Å²) >= 11 is 0. The topological polar surface area (TPSA) is 223 Å². The van der Waals surface area contributed by atoms with Gasteiger partial charge < -0.3 is 57.8 Å². The summed E-state index contributed by atoms with van der Waals surface area (Å²) in [7, 11) is 5.32. The summed E-state index contributed by atoms with van der Waals surface area (Å²) in [6.45, 7) is 11.6. The minimum atomic E-state index is -3.48. The van der Waals surface area contributed by atoms with Gasteiger partial charge in [-0.1, -0.05) is 0 Å². The number of azo groups is 2. The lowest BCUT2D eigenvalue weighted by Crippen LogP contribution is -3.00. The van der Waals surface area contributed by atoms with Crippen molar-refractivity contribution in [2.75, 3.05) is 123 Å². The molecule has 0 bridgehead atoms. The van der Waals surface area contributed by atoms with E-state index in [9.17, 15) is 26.4 Å². The van der Waals surface area contributed by atoms with E-state index in [0.29, 0.717) is 43.2 Å². The Kier molecular flexibility index (Phi) is 29.3. The van der Waals surface area contributed by atoms with Crippen molar-refractivity contribution < 1.29 is 69.1 Å². The lowest BCUT2D eigenvalue weighted by Gasteiger charge is -2.29. The fourth-order valence-electron chi connectivity index (χ4n) is 6.42. The summed E-state index contributed by atoms with van der Waals surface area (Å²) in [6.07, 6.45) is 1.75. The monoisotopic (exact) mass is 1190 g/mol. The van der Waals surface area contributed by atoms with E-state index in [-0.39, 0.29) is 83.8 Å². The van der Waals surface area contributed by atoms with E-state index in [1.807, 2.05) is 93.4 Å². The van der Waals surface area contributed by atoms with Crippen molar-refractivity contribution in [1.29, 1.82) is 0 Å². The summed E-state index contributed by atoms with van der Waals surface area (Å²) < 4.78 is 67.5. The maximum absolute atomic E-state index is 12.7. The molecule has 1 amide bonds. The van der Waals surface area contributed by atoms with Crippen LogP contribution in [0, 0.1) is 0 Å². The highest BCUT2D eigenvalue weighted by atomic mass is 127. The molecular weight excluding hydrogens is 1110 g/mol. The van der Waals surface area contributed by atoms with Crippen LogP contribution in [0.25, 0.3) is 0 Å². The van der Waals surface area contributed by atoms with Crippen LogP contribution >= 0.6 is 0 Å². The first-order valence-corrected chi connectivity index (χ1v) is 27.9. The van der Waals surface area contributed by atoms with Crippen molar-refractivity contribution in [2.24, 2.45) is 30.4 Å². The lowest BCUT2D eigenvalue weighted by atomic mass is 10.2. The van der Waals surface area contributed by atoms with Gasteiger partial charge in [0.25, 0.3) is 0 Å². The highest BCUT2D eigenvalue weighted by molar-refractivity contribution is 7.91. The van der Waals surface area contributed by atoms with Gasteiger partial charge in [-0.2, -0.15) is 20.5 Å². The zero-order valence-corrected chi connectivity index (χ0v) is 49.0. The van der Waals surface area contributed by atoms with E-state index < -0.39 is 31.2 Å². The molecule has 0 unspecified atom stereocenters. The maximum atomic E-state index is 12.7. The molecular formula is C53H77IN10O9S2. The van der Waals surface area contributed by atoms with Gasteiger partial charge in [0, 0.05) is 72.2 Å². The van der Waals surface area contributed by atoms with Gasteiger partial charge in [-0.05, 0) is 138 Å². The van der Waals surface area contributed by atoms with Crippen LogP contribution in [0.15, 0.2) is 137 Å². The number of nitrogens with one attached hydrogen (secondary N) is 1. The Labute approximate surface area is 462 Å². The summed E-state index contributed by atoms with van der Waals surface area (Å²) in [5.41, 5.74) is 4.10. The number of likely N-dealkylation sites (N-methyl/N-ethyl adjacent to an activating group) is 1. The molecule has 0 spiro atoms. The second kappa shape index (κ2) is 33.5. The smallest absolute Gasteiger partial charge is 0.325 e. The third-order valence-electron chi connectivity index (χ3n) is 10.6. The van der Waals surface area contributed by atoms with Crippen molar-refractivity contribution in [3.8, 4) is 0 Å². The maximum Gasteiger partial charge on any atom is 0.325 e. The Morgan fingerprint density at radius 2 is 1.01 bits per heavy atom. The van der Waals surface area contributed by atoms with E-state index in [1.165, 1.54) is 12.1 Å². The number of sulfone groups is 2. The fourth-order valence-corrected chi connectivity index (χ4v) is 8.99. The van der Waals surface area contributed by atoms with Gasteiger partial charge in [0.1, 0.15) is 18.7 Å². The standard InChI is InChI=1S/C27H41N6O3S.C26H36N4O6S.HI/c1-6-28-23-29-17-7-18-33(4,5)19-21-36-20-8-22-37(34,35)27-15-11-25(12-16-27)31-30-24-9-13-26(14-10-24)32(2)3;1-26(2,3)36-25(32)19-27-24(31)15-17-35-16-6-18-37(33,34)23-13-9-21(10-14-23)29-28-20-7-11-22(12-8-20)30(4)5;/h9-16H,6-8,17-22H2,1-5H3;7-14H,6,15-19H2,1-5H3,(H,27,31);1H/q+1;;/p-1. The van der Waals surface area contributed by atoms with Crippen molar-refractivity contribution in [3.05, 3.63) is 97.1 Å². The number of carbonyl (C=O) groups is 2. The first-order chi connectivity index (χ1) is 35.0. The highest BCUT2D eigenvalue weighted by Gasteiger charge is 2.19. The van der Waals surface area contributed by atoms with Crippen molar-refractivity contribution in [3.63, 3.8) is 0 Å². The largest absolute Gasteiger partial charge is 1.00 e. The molecule has 0 saturated carbocycles. The van der Waals surface area contributed by atoms with E-state index in [2.05, 4.69) is 55.9 Å². The van der Waals surface area contributed by atoms with Crippen LogP contribution in [0.3, 0.4) is 0 Å². The lowest BCUT2D eigenvalue weighted by molar-refractivity contribution is -0.890. The second-order valence-electron chi connectivity index (χ2n) is 19.1. The predicted octanol–water partition coefficient (Wildman–Crippen LogP) is 6.21. The number of anilines is 2. The van der Waals surface area contributed by atoms with Crippen LogP contribution in [0.4, 0.5) is 34.1 Å². The molecule has 0 aliphatic heterocycles. The zero-order valence-electron chi connectivity index (χ0n) is 45.2. The van der Waals surface area contributed by atoms with E-state index in [4.69, 9.17) is 14.2 Å². The van der Waals surface area contributed by atoms with Crippen LogP contribution in [0.1, 0.15) is 53.4 Å². The Bertz CT molecular complexity index is 2670. The van der Waals surface area contributed by atoms with Crippen LogP contribution in [-0.2, 0) is 43.5 Å². The van der Waals surface area contributed by atoms with Crippen molar-refractivity contribution in [2.45, 2.75) is 68.8 Å². The Hall–Kier alpha value is -5.49. The summed E-state index contributed by atoms with van der Waals surface area (Å²) in [4.78, 5) is 35.9. The minimum absolute atomic E-state index is 0. The van der Waals surface area contributed by atoms with Gasteiger partial charge in [0.05, 0.1) is 90.5 Å². The van der Waals surface area contributed by atoms with Gasteiger partial charge >= 0.3 is 5.97 Å². The normalized spacial score (nSPS) is 11.8. The van der Waals surface area contributed by atoms with Crippen LogP contribution in [0.2, 0.25) is 0 Å². The number of hydrogen-bond acceptors (Lipinski definition) is 17. The van der Waals surface area contributed by atoms with E-state index in [1.54, 1.807) is 57.2 Å². The minimum Gasteiger partial charge on any atom is -1.00 e. The average molecular weight is 1190 g/mol. The molecule has 412 valence electrons. The first kappa shape index (κ1) is 65.6. The SMILES string of the molecule is CCN=C=NCCC[N+](C)(C)CCOCCCS(=O)(=O)c1ccc(N=Nc2ccc(N(C)C)cc2)cc1.CN(C)c1ccc(N=Nc2ccc(S(=O)(=O)CCCOCCC(=O)NCC(=O)OC(C)(C)C)cc2)cc1.[I-]. The third kappa shape index (κ3) is 27.7. The molecule has 75 heavy (non-hydrogen) atoms. The second-order valence-corrected chi connectivity index (χ2v) is 23.3. The van der Waals surface area contributed by atoms with Gasteiger partial charge in [0.15, 0.2) is 19.7 Å². The molecule has 0 atom stereocenters. The number of nitrogens with zero attached hydrogens (tertiary/aromatic N) is 9. The number of halogens is 1. The van der Waals surface area contributed by atoms with E-state index in [0.717, 1.165) is 47.6 Å². The number of ether oxygens (including phenoxy) is 3. The van der Waals surface area contributed by atoms with Gasteiger partial charge in [0.2, 0.25) is 5.91 Å². The molecule has 0 saturated heterocycles. The number of rotatable bonds is 29. The molecule has 0 aromatic heterocycles. The molecule has 0 aliphatic rings. The van der Waals surface area contributed by atoms with E-state index >= 15 is 0 Å². The molecule has 1 N–H and O–H groups in total. The molecule has 4 aromatic carbocycles. The quantitative estimate of drug-likeness (QED) is 0.0161. The van der Waals surface area contributed by atoms with Gasteiger partial charge in [-0.15, -0.1) is 0 Å². The summed E-state index contributed by atoms with van der Waals surface area (Å²) in [5.74, 6) is -0.905. The number of hydrogen-bond donors (Lipinski definition) is 1. The Balaban J connectivity index is 0.000000507. The van der Waals surface area contributed by atoms with Crippen LogP contribution in [0.5, 0.6) is 0 Å². The number of aliphatic imine (C=N–C) groups is 2. The molecule has 0 heterocycles. The Morgan fingerprint density at radius 3 is 1.41 bits per heavy atom. The van der Waals surface area contributed by atoms with Crippen LogP contribution in [-0.4, -0.2) is 158 Å². The molecule has 22 heteroatoms. The first-order valence-electron chi connectivity index (χ1n) is 24.6. The number of amides is 1. The molecule has 0 radical (unpaired) electrons. The molecule has 4 aromatic rings. The van der Waals surface area contributed by atoms with Crippen molar-refractivity contribution >= 4 is 71.7 Å². The predicted molar refractivity (Wildman–Crippen MR) is 293 cm³/mol. The Morgan fingerprint density at radius 1 is 0.600 bits per heavy atom. The summed E-state index contributed by atoms with van der Waals surface area (Å²) in [6, 6.07) is 30.7. The molecule has 4 rings (SSSR count). The molecule has 19 nitrogen and oxygen atoms in total. The summed E-state index contributed by atoms with van der Waals surface area (Å²) in [5, 5.41) is 19.2. The fraction of sp³-hybridized carbons (Fsp3) is 0.491.